The molecule has 2 N–H and O–H groups in total. The summed E-state index contributed by atoms with van der Waals surface area (Å²) in [7, 11) is 0. The van der Waals surface area contributed by atoms with Crippen molar-refractivity contribution in [2.24, 2.45) is 4.99 Å². The maximum Gasteiger partial charge on any atom is 0.191 e. The Bertz CT molecular complexity index is 743. The maximum atomic E-state index is 4.98. The minimum atomic E-state index is 0.269. The molecule has 8 heteroatoms. The largest absolute Gasteiger partial charge is 0.356 e. The van der Waals surface area contributed by atoms with Crippen molar-refractivity contribution in [3.8, 4) is 0 Å². The van der Waals surface area contributed by atoms with Gasteiger partial charge in [-0.2, -0.15) is 11.8 Å². The van der Waals surface area contributed by atoms with Crippen molar-refractivity contribution in [3.05, 3.63) is 48.0 Å². The summed E-state index contributed by atoms with van der Waals surface area (Å²) in [4.78, 5) is 7.45. The lowest BCUT2D eigenvalue weighted by Gasteiger charge is -2.29. The Morgan fingerprint density at radius 2 is 1.87 bits per heavy atom. The Hall–Kier alpha value is -2.06. The number of aliphatic imine (C=N–C) groups is 1. The van der Waals surface area contributed by atoms with Gasteiger partial charge in [-0.25, -0.2) is 0 Å². The van der Waals surface area contributed by atoms with Crippen LogP contribution in [0.5, 0.6) is 0 Å². The second kappa shape index (κ2) is 14.9. The van der Waals surface area contributed by atoms with Gasteiger partial charge in [-0.3, -0.25) is 9.89 Å². The smallest absolute Gasteiger partial charge is 0.191 e. The molecular formula is C23H39N7S. The minimum Gasteiger partial charge on any atom is -0.356 e. The zero-order valence-electron chi connectivity index (χ0n) is 19.5. The molecule has 0 spiro atoms. The van der Waals surface area contributed by atoms with Gasteiger partial charge in [-0.1, -0.05) is 51.1 Å². The highest BCUT2D eigenvalue weighted by atomic mass is 32.2. The molecule has 31 heavy (non-hydrogen) atoms. The van der Waals surface area contributed by atoms with Crippen LogP contribution in [0.1, 0.15) is 44.6 Å². The zero-order chi connectivity index (χ0) is 22.3. The van der Waals surface area contributed by atoms with Crippen LogP contribution in [-0.4, -0.2) is 70.4 Å². The van der Waals surface area contributed by atoms with Gasteiger partial charge >= 0.3 is 0 Å². The van der Waals surface area contributed by atoms with Crippen LogP contribution in [0.3, 0.4) is 0 Å². The lowest BCUT2D eigenvalue weighted by molar-refractivity contribution is 0.224. The number of rotatable bonds is 14. The van der Waals surface area contributed by atoms with E-state index in [0.29, 0.717) is 0 Å². The molecule has 0 aliphatic carbocycles. The first-order chi connectivity index (χ1) is 15.2. The Balaban J connectivity index is 2.06. The van der Waals surface area contributed by atoms with Gasteiger partial charge in [-0.15, -0.1) is 10.2 Å². The number of benzene rings is 1. The number of aromatic nitrogens is 3. The van der Waals surface area contributed by atoms with Gasteiger partial charge in [0.05, 0.1) is 12.6 Å². The lowest BCUT2D eigenvalue weighted by atomic mass is 10.1. The van der Waals surface area contributed by atoms with Gasteiger partial charge in [0.25, 0.3) is 0 Å². The molecule has 0 saturated heterocycles. The van der Waals surface area contributed by atoms with E-state index in [0.717, 1.165) is 69.6 Å². The Morgan fingerprint density at radius 3 is 2.55 bits per heavy atom. The van der Waals surface area contributed by atoms with Gasteiger partial charge < -0.3 is 15.2 Å². The van der Waals surface area contributed by atoms with Crippen LogP contribution in [0.4, 0.5) is 0 Å². The number of aryl methyl sites for hydroxylation is 1. The number of hydrogen-bond donors (Lipinski definition) is 2. The van der Waals surface area contributed by atoms with Crippen molar-refractivity contribution < 1.29 is 0 Å². The summed E-state index contributed by atoms with van der Waals surface area (Å²) in [6.45, 7) is 11.8. The number of nitrogens with zero attached hydrogens (tertiary/aromatic N) is 5. The molecule has 0 amide bonds. The third kappa shape index (κ3) is 8.53. The van der Waals surface area contributed by atoms with Crippen LogP contribution < -0.4 is 10.6 Å². The number of thioether (sulfide) groups is 1. The van der Waals surface area contributed by atoms with Crippen LogP contribution in [0.25, 0.3) is 0 Å². The quantitative estimate of drug-likeness (QED) is 0.264. The van der Waals surface area contributed by atoms with Crippen molar-refractivity contribution in [1.82, 2.24) is 30.3 Å². The predicted octanol–water partition coefficient (Wildman–Crippen LogP) is 3.21. The molecule has 0 saturated carbocycles. The van der Waals surface area contributed by atoms with Gasteiger partial charge in [0, 0.05) is 26.1 Å². The highest BCUT2D eigenvalue weighted by molar-refractivity contribution is 7.98. The van der Waals surface area contributed by atoms with Crippen LogP contribution in [0, 0.1) is 0 Å². The Labute approximate surface area is 192 Å². The summed E-state index contributed by atoms with van der Waals surface area (Å²) in [5.41, 5.74) is 1.31. The van der Waals surface area contributed by atoms with E-state index in [1.165, 1.54) is 5.56 Å². The minimum absolute atomic E-state index is 0.269. The van der Waals surface area contributed by atoms with Crippen LogP contribution >= 0.6 is 11.8 Å². The molecule has 0 aliphatic rings. The van der Waals surface area contributed by atoms with E-state index < -0.39 is 0 Å². The summed E-state index contributed by atoms with van der Waals surface area (Å²) < 4.78 is 2.10. The molecule has 1 heterocycles. The van der Waals surface area contributed by atoms with E-state index in [2.05, 4.69) is 87.7 Å². The molecule has 2 rings (SSSR count). The summed E-state index contributed by atoms with van der Waals surface area (Å²) in [6.07, 6.45) is 5.95. The van der Waals surface area contributed by atoms with Gasteiger partial charge in [0.15, 0.2) is 5.96 Å². The molecule has 1 unspecified atom stereocenters. The van der Waals surface area contributed by atoms with Crippen LogP contribution in [-0.2, 0) is 13.0 Å². The van der Waals surface area contributed by atoms with Crippen molar-refractivity contribution in [2.75, 3.05) is 44.7 Å². The molecular weight excluding hydrogens is 406 g/mol. The standard InChI is InChI=1S/C23H39N7S/c1-5-22-28-27-19-30(22)16-15-25-23(24-14-11-17-31-4)26-18-21(29(6-2)7-3)20-12-9-8-10-13-20/h8-10,12-13,19,21H,5-7,11,14-18H2,1-4H3,(H2,24,25,26). The summed E-state index contributed by atoms with van der Waals surface area (Å²) in [6, 6.07) is 11.0. The molecule has 1 aromatic carbocycles. The van der Waals surface area contributed by atoms with E-state index in [1.807, 2.05) is 11.8 Å². The van der Waals surface area contributed by atoms with Crippen molar-refractivity contribution in [3.63, 3.8) is 0 Å². The maximum absolute atomic E-state index is 4.98. The second-order valence-corrected chi connectivity index (χ2v) is 8.32. The summed E-state index contributed by atoms with van der Waals surface area (Å²) in [5.74, 6) is 3.03. The monoisotopic (exact) mass is 445 g/mol. The summed E-state index contributed by atoms with van der Waals surface area (Å²) >= 11 is 1.87. The molecule has 2 aromatic rings. The zero-order valence-corrected chi connectivity index (χ0v) is 20.4. The first-order valence-corrected chi connectivity index (χ1v) is 12.8. The first-order valence-electron chi connectivity index (χ1n) is 11.4. The van der Waals surface area contributed by atoms with E-state index in [4.69, 9.17) is 4.99 Å². The van der Waals surface area contributed by atoms with E-state index in [9.17, 15) is 0 Å². The fraction of sp³-hybridized carbons (Fsp3) is 0.609. The van der Waals surface area contributed by atoms with Crippen molar-refractivity contribution in [2.45, 2.75) is 46.2 Å². The topological polar surface area (TPSA) is 70.4 Å². The van der Waals surface area contributed by atoms with Gasteiger partial charge in [0.1, 0.15) is 12.2 Å². The molecule has 0 aliphatic heterocycles. The third-order valence-electron chi connectivity index (χ3n) is 5.33. The normalized spacial score (nSPS) is 12.9. The first kappa shape index (κ1) is 25.2. The van der Waals surface area contributed by atoms with Gasteiger partial charge in [0.2, 0.25) is 0 Å². The predicted molar refractivity (Wildman–Crippen MR) is 133 cm³/mol. The molecule has 7 nitrogen and oxygen atoms in total. The van der Waals surface area contributed by atoms with E-state index in [1.54, 1.807) is 6.33 Å². The average Bonchev–Trinajstić information content (AvgIpc) is 3.27. The average molecular weight is 446 g/mol. The molecule has 172 valence electrons. The Morgan fingerprint density at radius 1 is 1.13 bits per heavy atom. The van der Waals surface area contributed by atoms with Crippen LogP contribution in [0.2, 0.25) is 0 Å². The fourth-order valence-corrected chi connectivity index (χ4v) is 4.01. The van der Waals surface area contributed by atoms with Crippen molar-refractivity contribution in [1.29, 1.82) is 0 Å². The number of nitrogens with one attached hydrogen (secondary N) is 2. The van der Waals surface area contributed by atoms with E-state index >= 15 is 0 Å². The molecule has 1 atom stereocenters. The number of guanidine groups is 1. The van der Waals surface area contributed by atoms with Gasteiger partial charge in [-0.05, 0) is 37.1 Å². The Kier molecular flexibility index (Phi) is 12.1. The molecule has 0 bridgehead atoms. The fourth-order valence-electron chi connectivity index (χ4n) is 3.58. The second-order valence-electron chi connectivity index (χ2n) is 7.33. The molecule has 1 aromatic heterocycles. The summed E-state index contributed by atoms with van der Waals surface area (Å²) in [5, 5.41) is 15.2. The molecule has 0 radical (unpaired) electrons. The highest BCUT2D eigenvalue weighted by Crippen LogP contribution is 2.20. The number of hydrogen-bond acceptors (Lipinski definition) is 5. The lowest BCUT2D eigenvalue weighted by Crippen LogP contribution is -2.40. The SMILES string of the molecule is CCc1nncn1CCNC(=NCC(c1ccccc1)N(CC)CC)NCCCSC. The number of likely N-dealkylation sites (N-methyl/N-ethyl adjacent to an activating group) is 1. The highest BCUT2D eigenvalue weighted by Gasteiger charge is 2.17. The molecule has 0 fully saturated rings. The van der Waals surface area contributed by atoms with Crippen molar-refractivity contribution >= 4 is 17.7 Å². The van der Waals surface area contributed by atoms with Crippen LogP contribution in [0.15, 0.2) is 41.7 Å². The van der Waals surface area contributed by atoms with E-state index in [-0.39, 0.29) is 6.04 Å². The third-order valence-corrected chi connectivity index (χ3v) is 6.03.